The molecule has 0 spiro atoms. The molecule has 0 fully saturated rings. The number of nitrogens with one attached hydrogen (secondary N) is 1. The van der Waals surface area contributed by atoms with Crippen LogP contribution in [0.3, 0.4) is 0 Å². The molecule has 2 aromatic carbocycles. The number of likely N-dealkylation sites (N-methyl/N-ethyl adjacent to an activating group) is 1. The molecule has 0 unspecified atom stereocenters. The second kappa shape index (κ2) is 10.5. The molecule has 0 amide bonds. The highest BCUT2D eigenvalue weighted by atomic mass is 35.5. The lowest BCUT2D eigenvalue weighted by atomic mass is 10.0. The van der Waals surface area contributed by atoms with Gasteiger partial charge in [-0.2, -0.15) is 9.61 Å². The SMILES string of the molecule is [B]c1cnn2c(NCCCN(C)C/C=C/c3ccccc3)cc(-c3ccccc3Cl)nc12. The quantitative estimate of drug-likeness (QED) is 0.311. The summed E-state index contributed by atoms with van der Waals surface area (Å²) >= 11 is 6.39. The van der Waals surface area contributed by atoms with Gasteiger partial charge in [0.1, 0.15) is 13.7 Å². The Labute approximate surface area is 195 Å². The average Bonchev–Trinajstić information content (AvgIpc) is 3.18. The molecule has 2 radical (unpaired) electrons. The van der Waals surface area contributed by atoms with Crippen molar-refractivity contribution in [3.8, 4) is 11.3 Å². The summed E-state index contributed by atoms with van der Waals surface area (Å²) in [5.74, 6) is 0.841. The largest absolute Gasteiger partial charge is 0.370 e. The Kier molecular flexibility index (Phi) is 7.25. The third-order valence-corrected chi connectivity index (χ3v) is 5.53. The first-order valence-electron chi connectivity index (χ1n) is 10.6. The summed E-state index contributed by atoms with van der Waals surface area (Å²) in [6, 6.07) is 20.0. The lowest BCUT2D eigenvalue weighted by molar-refractivity contribution is 0.368. The van der Waals surface area contributed by atoms with Crippen molar-refractivity contribution in [3.05, 3.63) is 83.5 Å². The monoisotopic (exact) mass is 441 g/mol. The standard InChI is InChI=1S/C25H25BClN5/c1-31(15-7-11-19-9-3-2-4-10-19)16-8-14-28-24-17-23(20-12-5-6-13-22(20)27)30-25-21(26)18-29-32(24)25/h2-7,9-13,17-18,28H,8,14-16H2,1H3/b11-7+. The third-order valence-electron chi connectivity index (χ3n) is 5.20. The predicted octanol–water partition coefficient (Wildman–Crippen LogP) is 4.29. The van der Waals surface area contributed by atoms with Gasteiger partial charge in [-0.25, -0.2) is 4.98 Å². The Morgan fingerprint density at radius 1 is 1.12 bits per heavy atom. The van der Waals surface area contributed by atoms with Gasteiger partial charge in [0.05, 0.1) is 5.69 Å². The van der Waals surface area contributed by atoms with Gasteiger partial charge in [0, 0.05) is 35.9 Å². The van der Waals surface area contributed by atoms with Crippen LogP contribution in [-0.4, -0.2) is 54.0 Å². The predicted molar refractivity (Wildman–Crippen MR) is 135 cm³/mol. The molecule has 160 valence electrons. The molecule has 1 N–H and O–H groups in total. The molecule has 0 bridgehead atoms. The second-order valence-corrected chi connectivity index (χ2v) is 8.10. The zero-order valence-corrected chi connectivity index (χ0v) is 18.8. The van der Waals surface area contributed by atoms with E-state index in [4.69, 9.17) is 19.4 Å². The molecule has 0 aliphatic carbocycles. The fourth-order valence-electron chi connectivity index (χ4n) is 3.50. The maximum absolute atomic E-state index is 6.39. The van der Waals surface area contributed by atoms with E-state index in [0.29, 0.717) is 16.1 Å². The lowest BCUT2D eigenvalue weighted by Crippen LogP contribution is -2.22. The van der Waals surface area contributed by atoms with Gasteiger partial charge in [-0.15, -0.1) is 0 Å². The highest BCUT2D eigenvalue weighted by molar-refractivity contribution is 6.36. The Balaban J connectivity index is 1.38. The van der Waals surface area contributed by atoms with Crippen LogP contribution >= 0.6 is 11.6 Å². The lowest BCUT2D eigenvalue weighted by Gasteiger charge is -2.15. The van der Waals surface area contributed by atoms with Crippen LogP contribution in [0.2, 0.25) is 5.02 Å². The Hall–Kier alpha value is -3.09. The van der Waals surface area contributed by atoms with E-state index >= 15 is 0 Å². The molecular formula is C25H25BClN5. The average molecular weight is 442 g/mol. The number of aromatic nitrogens is 3. The van der Waals surface area contributed by atoms with Gasteiger partial charge >= 0.3 is 0 Å². The first-order valence-corrected chi connectivity index (χ1v) is 11.0. The van der Waals surface area contributed by atoms with E-state index in [1.54, 1.807) is 10.7 Å². The highest BCUT2D eigenvalue weighted by Crippen LogP contribution is 2.28. The van der Waals surface area contributed by atoms with Crippen molar-refractivity contribution in [2.45, 2.75) is 6.42 Å². The van der Waals surface area contributed by atoms with E-state index in [9.17, 15) is 0 Å². The second-order valence-electron chi connectivity index (χ2n) is 7.70. The van der Waals surface area contributed by atoms with E-state index in [0.717, 1.165) is 43.1 Å². The first-order chi connectivity index (χ1) is 15.6. The molecule has 4 aromatic rings. The number of hydrogen-bond donors (Lipinski definition) is 1. The van der Waals surface area contributed by atoms with Crippen LogP contribution in [0, 0.1) is 0 Å². The summed E-state index contributed by atoms with van der Waals surface area (Å²) < 4.78 is 1.74. The van der Waals surface area contributed by atoms with Crippen molar-refractivity contribution >= 4 is 42.5 Å². The van der Waals surface area contributed by atoms with Crippen LogP contribution < -0.4 is 10.8 Å². The summed E-state index contributed by atoms with van der Waals surface area (Å²) in [5, 5.41) is 8.51. The summed E-state index contributed by atoms with van der Waals surface area (Å²) in [6.07, 6.45) is 6.95. The summed E-state index contributed by atoms with van der Waals surface area (Å²) in [6.45, 7) is 2.67. The molecule has 0 saturated heterocycles. The van der Waals surface area contributed by atoms with Gasteiger partial charge in [-0.1, -0.05) is 72.3 Å². The molecule has 0 saturated carbocycles. The van der Waals surface area contributed by atoms with Crippen LogP contribution in [0.15, 0.2) is 72.9 Å². The van der Waals surface area contributed by atoms with E-state index in [2.05, 4.69) is 63.8 Å². The number of hydrogen-bond acceptors (Lipinski definition) is 4. The molecule has 0 aliphatic rings. The number of rotatable bonds is 9. The van der Waals surface area contributed by atoms with Crippen LogP contribution in [-0.2, 0) is 0 Å². The molecule has 2 heterocycles. The van der Waals surface area contributed by atoms with Crippen LogP contribution in [0.25, 0.3) is 23.0 Å². The minimum Gasteiger partial charge on any atom is -0.370 e. The van der Waals surface area contributed by atoms with Crippen molar-refractivity contribution < 1.29 is 0 Å². The van der Waals surface area contributed by atoms with E-state index in [-0.39, 0.29) is 0 Å². The molecule has 4 rings (SSSR count). The molecule has 5 nitrogen and oxygen atoms in total. The first kappa shape index (κ1) is 22.1. The topological polar surface area (TPSA) is 45.5 Å². The van der Waals surface area contributed by atoms with Gasteiger partial charge in [0.15, 0.2) is 5.65 Å². The van der Waals surface area contributed by atoms with Gasteiger partial charge in [0.2, 0.25) is 0 Å². The summed E-state index contributed by atoms with van der Waals surface area (Å²) in [7, 11) is 8.22. The molecule has 32 heavy (non-hydrogen) atoms. The van der Waals surface area contributed by atoms with Crippen molar-refractivity contribution in [2.24, 2.45) is 0 Å². The van der Waals surface area contributed by atoms with E-state index in [1.165, 1.54) is 5.56 Å². The molecule has 7 heteroatoms. The summed E-state index contributed by atoms with van der Waals surface area (Å²) in [4.78, 5) is 6.97. The van der Waals surface area contributed by atoms with Crippen molar-refractivity contribution in [1.82, 2.24) is 19.5 Å². The number of anilines is 1. The Bertz CT molecular complexity index is 1210. The minimum atomic E-state index is 0.534. The van der Waals surface area contributed by atoms with Crippen molar-refractivity contribution in [3.63, 3.8) is 0 Å². The normalized spacial score (nSPS) is 11.6. The number of halogens is 1. The molecular weight excluding hydrogens is 417 g/mol. The molecule has 0 atom stereocenters. The fraction of sp³-hybridized carbons (Fsp3) is 0.200. The van der Waals surface area contributed by atoms with Crippen LogP contribution in [0.4, 0.5) is 5.82 Å². The fourth-order valence-corrected chi connectivity index (χ4v) is 3.73. The van der Waals surface area contributed by atoms with E-state index < -0.39 is 0 Å². The van der Waals surface area contributed by atoms with Gasteiger partial charge < -0.3 is 10.2 Å². The van der Waals surface area contributed by atoms with Crippen molar-refractivity contribution in [2.75, 3.05) is 32.0 Å². The Morgan fingerprint density at radius 3 is 2.72 bits per heavy atom. The number of fused-ring (bicyclic) bond motifs is 1. The smallest absolute Gasteiger partial charge is 0.150 e. The zero-order valence-electron chi connectivity index (χ0n) is 18.1. The highest BCUT2D eigenvalue weighted by Gasteiger charge is 2.12. The summed E-state index contributed by atoms with van der Waals surface area (Å²) in [5.41, 5.74) is 4.00. The minimum absolute atomic E-state index is 0.534. The van der Waals surface area contributed by atoms with Gasteiger partial charge in [0.25, 0.3) is 0 Å². The molecule has 0 aliphatic heterocycles. The zero-order chi connectivity index (χ0) is 22.3. The van der Waals surface area contributed by atoms with Gasteiger partial charge in [-0.05, 0) is 37.1 Å². The van der Waals surface area contributed by atoms with Gasteiger partial charge in [-0.3, -0.25) is 0 Å². The number of benzene rings is 2. The maximum Gasteiger partial charge on any atom is 0.150 e. The Morgan fingerprint density at radius 2 is 1.91 bits per heavy atom. The number of nitrogens with zero attached hydrogens (tertiary/aromatic N) is 4. The van der Waals surface area contributed by atoms with E-state index in [1.807, 2.05) is 36.4 Å². The third kappa shape index (κ3) is 5.39. The molecule has 2 aromatic heterocycles. The van der Waals surface area contributed by atoms with Crippen LogP contribution in [0.5, 0.6) is 0 Å². The van der Waals surface area contributed by atoms with Crippen molar-refractivity contribution in [1.29, 1.82) is 0 Å². The maximum atomic E-state index is 6.39. The van der Waals surface area contributed by atoms with Crippen LogP contribution in [0.1, 0.15) is 12.0 Å².